The predicted molar refractivity (Wildman–Crippen MR) is 83.3 cm³/mol. The minimum atomic E-state index is 0.642. The summed E-state index contributed by atoms with van der Waals surface area (Å²) in [5.74, 6) is 1.36. The lowest BCUT2D eigenvalue weighted by Crippen LogP contribution is -2.13. The first-order chi connectivity index (χ1) is 10.1. The third-order valence-electron chi connectivity index (χ3n) is 3.12. The van der Waals surface area contributed by atoms with Crippen LogP contribution >= 0.6 is 0 Å². The molecule has 2 heterocycles. The van der Waals surface area contributed by atoms with Crippen LogP contribution in [-0.4, -0.2) is 33.8 Å². The first-order valence-electron chi connectivity index (χ1n) is 6.55. The number of nitrogens with two attached hydrogens (primary N) is 1. The number of hydrogen-bond acceptors (Lipinski definition) is 5. The SMILES string of the molecule is CN(C)c1nccc(-n2cc(-c3ccccc3N)cn2)n1. The number of nitrogen functional groups attached to an aromatic ring is 1. The van der Waals surface area contributed by atoms with Gasteiger partial charge in [-0.15, -0.1) is 0 Å². The Kier molecular flexibility index (Phi) is 3.27. The number of aromatic nitrogens is 4. The molecule has 2 N–H and O–H groups in total. The lowest BCUT2D eigenvalue weighted by molar-refractivity contribution is 0.832. The molecule has 0 radical (unpaired) electrons. The van der Waals surface area contributed by atoms with Crippen LogP contribution < -0.4 is 10.6 Å². The second kappa shape index (κ2) is 5.24. The van der Waals surface area contributed by atoms with Crippen molar-refractivity contribution >= 4 is 11.6 Å². The topological polar surface area (TPSA) is 72.9 Å². The molecule has 2 aromatic heterocycles. The van der Waals surface area contributed by atoms with Gasteiger partial charge in [-0.25, -0.2) is 9.67 Å². The van der Waals surface area contributed by atoms with Gasteiger partial charge in [0, 0.05) is 49.4 Å². The molecule has 0 atom stereocenters. The van der Waals surface area contributed by atoms with E-state index < -0.39 is 0 Å². The molecule has 0 amide bonds. The maximum Gasteiger partial charge on any atom is 0.226 e. The minimum absolute atomic E-state index is 0.642. The Morgan fingerprint density at radius 3 is 2.71 bits per heavy atom. The molecule has 106 valence electrons. The van der Waals surface area contributed by atoms with Crippen molar-refractivity contribution < 1.29 is 0 Å². The highest BCUT2D eigenvalue weighted by Gasteiger charge is 2.08. The van der Waals surface area contributed by atoms with E-state index in [1.165, 1.54) is 0 Å². The molecule has 0 aliphatic carbocycles. The van der Waals surface area contributed by atoms with E-state index in [0.29, 0.717) is 5.95 Å². The predicted octanol–water partition coefficient (Wildman–Crippen LogP) is 1.98. The van der Waals surface area contributed by atoms with E-state index >= 15 is 0 Å². The standard InChI is InChI=1S/C15H16N6/c1-20(2)15-17-8-7-14(19-15)21-10-11(9-18-21)12-5-3-4-6-13(12)16/h3-10H,16H2,1-2H3. The van der Waals surface area contributed by atoms with Crippen LogP contribution in [-0.2, 0) is 0 Å². The Morgan fingerprint density at radius 1 is 1.14 bits per heavy atom. The molecule has 0 unspecified atom stereocenters. The summed E-state index contributed by atoms with van der Waals surface area (Å²) in [5.41, 5.74) is 8.65. The molecule has 0 aliphatic heterocycles. The zero-order valence-electron chi connectivity index (χ0n) is 11.9. The van der Waals surface area contributed by atoms with Crippen LogP contribution in [0.15, 0.2) is 48.9 Å². The van der Waals surface area contributed by atoms with Gasteiger partial charge in [-0.2, -0.15) is 10.1 Å². The van der Waals surface area contributed by atoms with Crippen molar-refractivity contribution in [1.29, 1.82) is 0 Å². The Labute approximate surface area is 122 Å². The van der Waals surface area contributed by atoms with E-state index in [0.717, 1.165) is 22.6 Å². The number of hydrogen-bond donors (Lipinski definition) is 1. The van der Waals surface area contributed by atoms with Gasteiger partial charge in [0.25, 0.3) is 0 Å². The summed E-state index contributed by atoms with van der Waals surface area (Å²) in [4.78, 5) is 10.5. The van der Waals surface area contributed by atoms with Crippen molar-refractivity contribution in [2.24, 2.45) is 0 Å². The third-order valence-corrected chi connectivity index (χ3v) is 3.12. The van der Waals surface area contributed by atoms with Gasteiger partial charge in [0.05, 0.1) is 6.20 Å². The number of para-hydroxylation sites is 1. The van der Waals surface area contributed by atoms with Gasteiger partial charge in [0.15, 0.2) is 5.82 Å². The second-order valence-corrected chi connectivity index (χ2v) is 4.87. The monoisotopic (exact) mass is 280 g/mol. The molecule has 0 fully saturated rings. The average molecular weight is 280 g/mol. The van der Waals surface area contributed by atoms with Crippen LogP contribution in [0.4, 0.5) is 11.6 Å². The van der Waals surface area contributed by atoms with Crippen molar-refractivity contribution in [3.8, 4) is 16.9 Å². The Bertz CT molecular complexity index is 762. The second-order valence-electron chi connectivity index (χ2n) is 4.87. The van der Waals surface area contributed by atoms with Crippen LogP contribution in [0.1, 0.15) is 0 Å². The Morgan fingerprint density at radius 2 is 1.95 bits per heavy atom. The maximum atomic E-state index is 6.00. The molecule has 0 spiro atoms. The van der Waals surface area contributed by atoms with Crippen molar-refractivity contribution in [3.63, 3.8) is 0 Å². The highest BCUT2D eigenvalue weighted by Crippen LogP contribution is 2.25. The summed E-state index contributed by atoms with van der Waals surface area (Å²) in [6.45, 7) is 0. The summed E-state index contributed by atoms with van der Waals surface area (Å²) in [5, 5.41) is 4.36. The highest BCUT2D eigenvalue weighted by atomic mass is 15.3. The zero-order valence-corrected chi connectivity index (χ0v) is 11.9. The van der Waals surface area contributed by atoms with Crippen molar-refractivity contribution in [3.05, 3.63) is 48.9 Å². The van der Waals surface area contributed by atoms with Crippen LogP contribution in [0.25, 0.3) is 16.9 Å². The minimum Gasteiger partial charge on any atom is -0.398 e. The summed E-state index contributed by atoms with van der Waals surface area (Å²) in [6.07, 6.45) is 5.41. The number of anilines is 2. The average Bonchev–Trinajstić information content (AvgIpc) is 2.97. The highest BCUT2D eigenvalue weighted by molar-refractivity contribution is 5.75. The smallest absolute Gasteiger partial charge is 0.226 e. The first-order valence-corrected chi connectivity index (χ1v) is 6.55. The van der Waals surface area contributed by atoms with Crippen molar-refractivity contribution in [2.45, 2.75) is 0 Å². The number of benzene rings is 1. The summed E-state index contributed by atoms with van der Waals surface area (Å²) in [7, 11) is 3.80. The lowest BCUT2D eigenvalue weighted by Gasteiger charge is -2.10. The maximum absolute atomic E-state index is 6.00. The van der Waals surface area contributed by atoms with E-state index in [-0.39, 0.29) is 0 Å². The molecule has 6 nitrogen and oxygen atoms in total. The van der Waals surface area contributed by atoms with Gasteiger partial charge in [-0.1, -0.05) is 18.2 Å². The molecule has 6 heteroatoms. The lowest BCUT2D eigenvalue weighted by atomic mass is 10.1. The summed E-state index contributed by atoms with van der Waals surface area (Å²) < 4.78 is 1.72. The molecule has 0 saturated heterocycles. The van der Waals surface area contributed by atoms with Gasteiger partial charge in [-0.3, -0.25) is 0 Å². The molecule has 3 aromatic rings. The molecule has 0 aliphatic rings. The quantitative estimate of drug-likeness (QED) is 0.743. The van der Waals surface area contributed by atoms with E-state index in [4.69, 9.17) is 5.73 Å². The van der Waals surface area contributed by atoms with Crippen molar-refractivity contribution in [1.82, 2.24) is 19.7 Å². The number of rotatable bonds is 3. The van der Waals surface area contributed by atoms with Gasteiger partial charge < -0.3 is 10.6 Å². The fourth-order valence-corrected chi connectivity index (χ4v) is 2.03. The Hall–Kier alpha value is -2.89. The fourth-order valence-electron chi connectivity index (χ4n) is 2.03. The summed E-state index contributed by atoms with van der Waals surface area (Å²) in [6, 6.07) is 9.54. The normalized spacial score (nSPS) is 10.6. The van der Waals surface area contributed by atoms with Gasteiger partial charge in [-0.05, 0) is 6.07 Å². The zero-order chi connectivity index (χ0) is 14.8. The van der Waals surface area contributed by atoms with E-state index in [1.54, 1.807) is 17.1 Å². The van der Waals surface area contributed by atoms with Crippen LogP contribution in [0.5, 0.6) is 0 Å². The largest absolute Gasteiger partial charge is 0.398 e. The van der Waals surface area contributed by atoms with Gasteiger partial charge >= 0.3 is 0 Å². The summed E-state index contributed by atoms with van der Waals surface area (Å²) >= 11 is 0. The molecule has 21 heavy (non-hydrogen) atoms. The third kappa shape index (κ3) is 2.55. The molecular weight excluding hydrogens is 264 g/mol. The fraction of sp³-hybridized carbons (Fsp3) is 0.133. The molecule has 1 aromatic carbocycles. The van der Waals surface area contributed by atoms with Crippen molar-refractivity contribution in [2.75, 3.05) is 24.7 Å². The molecular formula is C15H16N6. The molecule has 3 rings (SSSR count). The van der Waals surface area contributed by atoms with Crippen LogP contribution in [0, 0.1) is 0 Å². The molecule has 0 bridgehead atoms. The molecule has 0 saturated carbocycles. The number of nitrogens with zero attached hydrogens (tertiary/aromatic N) is 5. The van der Waals surface area contributed by atoms with Gasteiger partial charge in [0.1, 0.15) is 0 Å². The van der Waals surface area contributed by atoms with Crippen LogP contribution in [0.2, 0.25) is 0 Å². The van der Waals surface area contributed by atoms with E-state index in [2.05, 4.69) is 15.1 Å². The first kappa shape index (κ1) is 13.1. The Balaban J connectivity index is 1.99. The van der Waals surface area contributed by atoms with Gasteiger partial charge in [0.2, 0.25) is 5.95 Å². The van der Waals surface area contributed by atoms with E-state index in [9.17, 15) is 0 Å². The van der Waals surface area contributed by atoms with Crippen LogP contribution in [0.3, 0.4) is 0 Å². The van der Waals surface area contributed by atoms with E-state index in [1.807, 2.05) is 55.5 Å².